The number of rotatable bonds is 4. The van der Waals surface area contributed by atoms with Crippen LogP contribution in [-0.4, -0.2) is 11.8 Å². The standard InChI is InChI=1S/C28H20F2N2O2/c1-16-10-12-20(17(2)14-16)25-26(31-19-11-13-22(29)23(30)15-19)28(34)32(27(25)33)24-9-5-7-18-6-3-4-8-21(18)24/h3-15,31H,1-2H3. The van der Waals surface area contributed by atoms with Gasteiger partial charge >= 0.3 is 0 Å². The van der Waals surface area contributed by atoms with E-state index in [1.54, 1.807) is 18.2 Å². The normalized spacial score (nSPS) is 13.8. The second-order valence-corrected chi connectivity index (χ2v) is 8.27. The maximum Gasteiger partial charge on any atom is 0.282 e. The third-order valence-electron chi connectivity index (χ3n) is 5.93. The highest BCUT2D eigenvalue weighted by Crippen LogP contribution is 2.38. The second-order valence-electron chi connectivity index (χ2n) is 8.27. The van der Waals surface area contributed by atoms with E-state index in [0.717, 1.165) is 38.9 Å². The molecular weight excluding hydrogens is 434 g/mol. The fourth-order valence-corrected chi connectivity index (χ4v) is 4.33. The van der Waals surface area contributed by atoms with Gasteiger partial charge < -0.3 is 5.32 Å². The number of hydrogen-bond acceptors (Lipinski definition) is 3. The zero-order valence-corrected chi connectivity index (χ0v) is 18.5. The number of anilines is 2. The third kappa shape index (κ3) is 3.53. The van der Waals surface area contributed by atoms with Crippen molar-refractivity contribution >= 4 is 39.5 Å². The number of nitrogens with zero attached hydrogens (tertiary/aromatic N) is 1. The molecule has 4 aromatic carbocycles. The molecule has 1 N–H and O–H groups in total. The van der Waals surface area contributed by atoms with Crippen molar-refractivity contribution < 1.29 is 18.4 Å². The Labute approximate surface area is 195 Å². The van der Waals surface area contributed by atoms with Crippen molar-refractivity contribution in [3.63, 3.8) is 0 Å². The van der Waals surface area contributed by atoms with Crippen LogP contribution >= 0.6 is 0 Å². The van der Waals surface area contributed by atoms with Crippen LogP contribution in [0.3, 0.4) is 0 Å². The number of carbonyl (C=O) groups excluding carboxylic acids is 2. The first-order valence-electron chi connectivity index (χ1n) is 10.8. The molecule has 1 heterocycles. The van der Waals surface area contributed by atoms with Crippen LogP contribution in [0.15, 0.2) is 84.6 Å². The van der Waals surface area contributed by atoms with Crippen molar-refractivity contribution in [3.05, 3.63) is 113 Å². The van der Waals surface area contributed by atoms with Gasteiger partial charge in [0.05, 0.1) is 11.3 Å². The topological polar surface area (TPSA) is 49.4 Å². The molecular formula is C28H20F2N2O2. The maximum atomic E-state index is 13.9. The van der Waals surface area contributed by atoms with Crippen molar-refractivity contribution in [2.75, 3.05) is 10.2 Å². The van der Waals surface area contributed by atoms with Crippen molar-refractivity contribution in [2.45, 2.75) is 13.8 Å². The molecule has 1 aliphatic heterocycles. The minimum absolute atomic E-state index is 0.0101. The van der Waals surface area contributed by atoms with E-state index < -0.39 is 23.4 Å². The summed E-state index contributed by atoms with van der Waals surface area (Å²) < 4.78 is 27.3. The van der Waals surface area contributed by atoms with Gasteiger partial charge in [0.1, 0.15) is 5.70 Å². The molecule has 0 aromatic heterocycles. The van der Waals surface area contributed by atoms with E-state index in [9.17, 15) is 18.4 Å². The Hall–Kier alpha value is -4.32. The van der Waals surface area contributed by atoms with Gasteiger partial charge in [-0.05, 0) is 48.6 Å². The van der Waals surface area contributed by atoms with Crippen LogP contribution in [-0.2, 0) is 9.59 Å². The summed E-state index contributed by atoms with van der Waals surface area (Å²) in [6, 6.07) is 21.7. The zero-order chi connectivity index (χ0) is 24.0. The zero-order valence-electron chi connectivity index (χ0n) is 18.5. The number of benzene rings is 4. The number of amides is 2. The lowest BCUT2D eigenvalue weighted by atomic mass is 9.97. The van der Waals surface area contributed by atoms with Crippen LogP contribution < -0.4 is 10.2 Å². The molecule has 0 radical (unpaired) electrons. The summed E-state index contributed by atoms with van der Waals surface area (Å²) in [7, 11) is 0. The van der Waals surface area contributed by atoms with Gasteiger partial charge in [-0.1, -0.05) is 60.2 Å². The highest BCUT2D eigenvalue weighted by Gasteiger charge is 2.41. The Bertz CT molecular complexity index is 1520. The van der Waals surface area contributed by atoms with E-state index in [1.165, 1.54) is 6.07 Å². The number of imide groups is 1. The van der Waals surface area contributed by atoms with Crippen LogP contribution in [0.25, 0.3) is 16.3 Å². The first-order chi connectivity index (χ1) is 16.3. The quantitative estimate of drug-likeness (QED) is 0.377. The van der Waals surface area contributed by atoms with Crippen molar-refractivity contribution in [3.8, 4) is 0 Å². The summed E-state index contributed by atoms with van der Waals surface area (Å²) in [5, 5.41) is 4.52. The summed E-state index contributed by atoms with van der Waals surface area (Å²) in [5.41, 5.74) is 3.24. The van der Waals surface area contributed by atoms with Crippen LogP contribution in [0.2, 0.25) is 0 Å². The Kier molecular flexibility index (Phi) is 5.21. The van der Waals surface area contributed by atoms with Gasteiger partial charge in [0.25, 0.3) is 11.8 Å². The van der Waals surface area contributed by atoms with Crippen molar-refractivity contribution in [2.24, 2.45) is 0 Å². The Balaban J connectivity index is 1.69. The molecule has 5 rings (SSSR count). The predicted molar refractivity (Wildman–Crippen MR) is 129 cm³/mol. The molecule has 0 saturated heterocycles. The fraction of sp³-hybridized carbons (Fsp3) is 0.0714. The van der Waals surface area contributed by atoms with Gasteiger partial charge in [-0.3, -0.25) is 9.59 Å². The molecule has 0 aliphatic carbocycles. The summed E-state index contributed by atoms with van der Waals surface area (Å²) in [4.78, 5) is 28.6. The molecule has 0 fully saturated rings. The van der Waals surface area contributed by atoms with Crippen LogP contribution in [0.5, 0.6) is 0 Å². The Morgan fingerprint density at radius 1 is 0.765 bits per heavy atom. The summed E-state index contributed by atoms with van der Waals surface area (Å²) in [5.74, 6) is -3.11. The highest BCUT2D eigenvalue weighted by atomic mass is 19.2. The number of nitrogens with one attached hydrogen (secondary N) is 1. The van der Waals surface area contributed by atoms with E-state index >= 15 is 0 Å². The molecule has 0 spiro atoms. The van der Waals surface area contributed by atoms with Gasteiger partial charge in [0.2, 0.25) is 0 Å². The molecule has 0 saturated carbocycles. The fourth-order valence-electron chi connectivity index (χ4n) is 4.33. The molecule has 0 unspecified atom stereocenters. The monoisotopic (exact) mass is 454 g/mol. The van der Waals surface area contributed by atoms with Crippen molar-refractivity contribution in [1.82, 2.24) is 0 Å². The van der Waals surface area contributed by atoms with Gasteiger partial charge in [-0.15, -0.1) is 0 Å². The van der Waals surface area contributed by atoms with Crippen molar-refractivity contribution in [1.29, 1.82) is 0 Å². The van der Waals surface area contributed by atoms with Gasteiger partial charge in [-0.25, -0.2) is 13.7 Å². The highest BCUT2D eigenvalue weighted by molar-refractivity contribution is 6.47. The van der Waals surface area contributed by atoms with Gasteiger partial charge in [-0.2, -0.15) is 0 Å². The number of hydrogen-bond donors (Lipinski definition) is 1. The first-order valence-corrected chi connectivity index (χ1v) is 10.8. The molecule has 2 amide bonds. The number of halogens is 2. The second kappa shape index (κ2) is 8.23. The van der Waals surface area contributed by atoms with Crippen LogP contribution in [0.1, 0.15) is 16.7 Å². The average Bonchev–Trinajstić information content (AvgIpc) is 3.05. The lowest BCUT2D eigenvalue weighted by Crippen LogP contribution is -2.32. The molecule has 6 heteroatoms. The minimum Gasteiger partial charge on any atom is -0.350 e. The van der Waals surface area contributed by atoms with Crippen LogP contribution in [0.4, 0.5) is 20.2 Å². The summed E-state index contributed by atoms with van der Waals surface area (Å²) in [6.45, 7) is 3.80. The van der Waals surface area contributed by atoms with Gasteiger partial charge in [0, 0.05) is 17.1 Å². The molecule has 0 atom stereocenters. The first kappa shape index (κ1) is 21.5. The van der Waals surface area contributed by atoms with E-state index in [0.29, 0.717) is 11.3 Å². The van der Waals surface area contributed by atoms with E-state index in [1.807, 2.05) is 56.3 Å². The maximum absolute atomic E-state index is 13.9. The Morgan fingerprint density at radius 2 is 1.53 bits per heavy atom. The lowest BCUT2D eigenvalue weighted by molar-refractivity contribution is -0.120. The average molecular weight is 454 g/mol. The molecule has 4 aromatic rings. The van der Waals surface area contributed by atoms with E-state index in [4.69, 9.17) is 0 Å². The molecule has 34 heavy (non-hydrogen) atoms. The molecule has 1 aliphatic rings. The number of aryl methyl sites for hydroxylation is 2. The smallest absolute Gasteiger partial charge is 0.282 e. The SMILES string of the molecule is Cc1ccc(C2=C(Nc3ccc(F)c(F)c3)C(=O)N(c3cccc4ccccc34)C2=O)c(C)c1. The summed E-state index contributed by atoms with van der Waals surface area (Å²) >= 11 is 0. The number of fused-ring (bicyclic) bond motifs is 1. The molecule has 168 valence electrons. The largest absolute Gasteiger partial charge is 0.350 e. The molecule has 0 bridgehead atoms. The molecule has 4 nitrogen and oxygen atoms in total. The third-order valence-corrected chi connectivity index (χ3v) is 5.93. The Morgan fingerprint density at radius 3 is 2.29 bits per heavy atom. The van der Waals surface area contributed by atoms with E-state index in [2.05, 4.69) is 5.32 Å². The number of carbonyl (C=O) groups is 2. The van der Waals surface area contributed by atoms with E-state index in [-0.39, 0.29) is 17.0 Å². The van der Waals surface area contributed by atoms with Gasteiger partial charge in [0.15, 0.2) is 11.6 Å². The minimum atomic E-state index is -1.05. The van der Waals surface area contributed by atoms with Crippen LogP contribution in [0, 0.1) is 25.5 Å². The lowest BCUT2D eigenvalue weighted by Gasteiger charge is -2.18. The predicted octanol–water partition coefficient (Wildman–Crippen LogP) is 6.13. The summed E-state index contributed by atoms with van der Waals surface area (Å²) in [6.07, 6.45) is 0.